The number of carbonyl (C=O) groups is 1. The van der Waals surface area contributed by atoms with E-state index < -0.39 is 5.97 Å². The molecule has 0 saturated carbocycles. The monoisotopic (exact) mass is 448 g/mol. The lowest BCUT2D eigenvalue weighted by atomic mass is 10.2. The molecule has 0 radical (unpaired) electrons. The molecule has 0 saturated heterocycles. The van der Waals surface area contributed by atoms with Crippen molar-refractivity contribution in [3.8, 4) is 5.75 Å². The van der Waals surface area contributed by atoms with Crippen LogP contribution in [0.1, 0.15) is 26.4 Å². The van der Waals surface area contributed by atoms with Gasteiger partial charge in [0, 0.05) is 6.42 Å². The number of esters is 1. The van der Waals surface area contributed by atoms with E-state index in [-0.39, 0.29) is 12.2 Å². The molecule has 7 heteroatoms. The number of hydrogen-bond acceptors (Lipinski definition) is 6. The Bertz CT molecular complexity index is 1290. The first-order chi connectivity index (χ1) is 15.5. The van der Waals surface area contributed by atoms with Gasteiger partial charge in [-0.1, -0.05) is 42.5 Å². The van der Waals surface area contributed by atoms with Crippen LogP contribution in [0.15, 0.2) is 65.7 Å². The molecule has 0 aliphatic rings. The quantitative estimate of drug-likeness (QED) is 0.370. The minimum atomic E-state index is -0.421. The molecule has 164 valence electrons. The summed E-state index contributed by atoms with van der Waals surface area (Å²) in [7, 11) is 0. The third-order valence-corrected chi connectivity index (χ3v) is 6.34. The third-order valence-electron chi connectivity index (χ3n) is 5.16. The Morgan fingerprint density at radius 1 is 1.06 bits per heavy atom. The molecule has 0 amide bonds. The highest BCUT2D eigenvalue weighted by atomic mass is 32.1. The Morgan fingerprint density at radius 2 is 1.88 bits per heavy atom. The van der Waals surface area contributed by atoms with Crippen LogP contribution in [-0.4, -0.2) is 28.7 Å². The second kappa shape index (κ2) is 9.78. The number of aromatic nitrogens is 2. The molecule has 0 atom stereocenters. The van der Waals surface area contributed by atoms with E-state index in [9.17, 15) is 9.59 Å². The molecule has 0 aliphatic carbocycles. The van der Waals surface area contributed by atoms with Crippen molar-refractivity contribution in [3.63, 3.8) is 0 Å². The minimum Gasteiger partial charge on any atom is -0.492 e. The van der Waals surface area contributed by atoms with E-state index in [2.05, 4.69) is 4.98 Å². The smallest absolute Gasteiger partial charge is 0.348 e. The summed E-state index contributed by atoms with van der Waals surface area (Å²) in [6.07, 6.45) is 2.15. The zero-order valence-electron chi connectivity index (χ0n) is 18.0. The molecule has 6 nitrogen and oxygen atoms in total. The van der Waals surface area contributed by atoms with Crippen molar-refractivity contribution >= 4 is 27.5 Å². The van der Waals surface area contributed by atoms with Gasteiger partial charge < -0.3 is 9.47 Å². The first-order valence-corrected chi connectivity index (χ1v) is 11.2. The lowest BCUT2D eigenvalue weighted by Crippen LogP contribution is -2.23. The standard InChI is InChI=1S/C25H24N2O4S/c1-17-7-6-10-20(15-17)30-14-12-27-16-26-23-21(24(27)28)18(2)22(32-23)25(29)31-13-11-19-8-4-3-5-9-19/h3-10,15-16H,11-14H2,1-2H3. The highest BCUT2D eigenvalue weighted by molar-refractivity contribution is 7.20. The van der Waals surface area contributed by atoms with Gasteiger partial charge in [-0.2, -0.15) is 0 Å². The molecular weight excluding hydrogens is 424 g/mol. The highest BCUT2D eigenvalue weighted by Crippen LogP contribution is 2.27. The second-order valence-corrected chi connectivity index (χ2v) is 8.52. The van der Waals surface area contributed by atoms with E-state index in [1.807, 2.05) is 61.5 Å². The van der Waals surface area contributed by atoms with Gasteiger partial charge in [-0.15, -0.1) is 11.3 Å². The predicted octanol–water partition coefficient (Wildman–Crippen LogP) is 4.55. The topological polar surface area (TPSA) is 70.4 Å². The van der Waals surface area contributed by atoms with Crippen molar-refractivity contribution in [2.24, 2.45) is 0 Å². The van der Waals surface area contributed by atoms with Crippen LogP contribution in [0.3, 0.4) is 0 Å². The van der Waals surface area contributed by atoms with Gasteiger partial charge in [0.15, 0.2) is 0 Å². The summed E-state index contributed by atoms with van der Waals surface area (Å²) in [5.41, 5.74) is 2.65. The number of carbonyl (C=O) groups excluding carboxylic acids is 1. The van der Waals surface area contributed by atoms with Gasteiger partial charge in [0.1, 0.15) is 22.1 Å². The summed E-state index contributed by atoms with van der Waals surface area (Å²) in [6.45, 7) is 4.75. The largest absolute Gasteiger partial charge is 0.492 e. The molecule has 2 heterocycles. The lowest BCUT2D eigenvalue weighted by Gasteiger charge is -2.08. The van der Waals surface area contributed by atoms with E-state index >= 15 is 0 Å². The maximum absolute atomic E-state index is 13.0. The van der Waals surface area contributed by atoms with Gasteiger partial charge >= 0.3 is 5.97 Å². The Kier molecular flexibility index (Phi) is 6.66. The van der Waals surface area contributed by atoms with Gasteiger partial charge in [0.2, 0.25) is 0 Å². The summed E-state index contributed by atoms with van der Waals surface area (Å²) in [5.74, 6) is 0.342. The fraction of sp³-hybridized carbons (Fsp3) is 0.240. The molecular formula is C25H24N2O4S. The van der Waals surface area contributed by atoms with E-state index in [4.69, 9.17) is 9.47 Å². The molecule has 2 aromatic carbocycles. The van der Waals surface area contributed by atoms with Crippen molar-refractivity contribution in [1.82, 2.24) is 9.55 Å². The average Bonchev–Trinajstić information content (AvgIpc) is 3.13. The van der Waals surface area contributed by atoms with Gasteiger partial charge in [-0.25, -0.2) is 9.78 Å². The lowest BCUT2D eigenvalue weighted by molar-refractivity contribution is 0.0514. The third kappa shape index (κ3) is 4.89. The SMILES string of the molecule is Cc1cccc(OCCn2cnc3sc(C(=O)OCCc4ccccc4)c(C)c3c2=O)c1. The fourth-order valence-corrected chi connectivity index (χ4v) is 4.49. The van der Waals surface area contributed by atoms with Gasteiger partial charge in [0.25, 0.3) is 5.56 Å². The molecule has 32 heavy (non-hydrogen) atoms. The van der Waals surface area contributed by atoms with Crippen LogP contribution >= 0.6 is 11.3 Å². The van der Waals surface area contributed by atoms with E-state index in [0.29, 0.717) is 40.2 Å². The summed E-state index contributed by atoms with van der Waals surface area (Å²) >= 11 is 1.19. The first-order valence-electron chi connectivity index (χ1n) is 10.4. The maximum atomic E-state index is 13.0. The zero-order valence-corrected chi connectivity index (χ0v) is 18.9. The predicted molar refractivity (Wildman–Crippen MR) is 126 cm³/mol. The highest BCUT2D eigenvalue weighted by Gasteiger charge is 2.20. The Hall–Kier alpha value is -3.45. The van der Waals surface area contributed by atoms with Crippen LogP contribution in [0.4, 0.5) is 0 Å². The van der Waals surface area contributed by atoms with Crippen LogP contribution < -0.4 is 10.3 Å². The second-order valence-electron chi connectivity index (χ2n) is 7.52. The Morgan fingerprint density at radius 3 is 2.66 bits per heavy atom. The number of rotatable bonds is 8. The average molecular weight is 449 g/mol. The van der Waals surface area contributed by atoms with Crippen molar-refractivity contribution in [1.29, 1.82) is 0 Å². The zero-order chi connectivity index (χ0) is 22.5. The molecule has 4 aromatic rings. The van der Waals surface area contributed by atoms with Crippen molar-refractivity contribution in [2.75, 3.05) is 13.2 Å². The molecule has 2 aromatic heterocycles. The Labute approximate surface area is 190 Å². The van der Waals surface area contributed by atoms with Crippen LogP contribution in [0, 0.1) is 13.8 Å². The first kappa shape index (κ1) is 21.8. The number of aryl methyl sites for hydroxylation is 2. The van der Waals surface area contributed by atoms with Crippen molar-refractivity contribution in [2.45, 2.75) is 26.8 Å². The number of benzene rings is 2. The van der Waals surface area contributed by atoms with Crippen LogP contribution in [-0.2, 0) is 17.7 Å². The normalized spacial score (nSPS) is 10.9. The summed E-state index contributed by atoms with van der Waals surface area (Å²) in [5, 5.41) is 0.461. The summed E-state index contributed by atoms with van der Waals surface area (Å²) in [6, 6.07) is 17.6. The maximum Gasteiger partial charge on any atom is 0.348 e. The molecule has 0 aliphatic heterocycles. The minimum absolute atomic E-state index is 0.181. The van der Waals surface area contributed by atoms with E-state index in [0.717, 1.165) is 16.9 Å². The summed E-state index contributed by atoms with van der Waals surface area (Å²) in [4.78, 5) is 31.0. The summed E-state index contributed by atoms with van der Waals surface area (Å²) < 4.78 is 12.7. The molecule has 0 spiro atoms. The number of ether oxygens (including phenoxy) is 2. The fourth-order valence-electron chi connectivity index (χ4n) is 3.45. The van der Waals surface area contributed by atoms with Crippen molar-refractivity contribution < 1.29 is 14.3 Å². The van der Waals surface area contributed by atoms with Crippen LogP contribution in [0.25, 0.3) is 10.2 Å². The molecule has 0 fully saturated rings. The van der Waals surface area contributed by atoms with Gasteiger partial charge in [-0.05, 0) is 42.7 Å². The number of thiophene rings is 1. The number of hydrogen-bond donors (Lipinski definition) is 0. The molecule has 0 unspecified atom stereocenters. The van der Waals surface area contributed by atoms with Gasteiger partial charge in [-0.3, -0.25) is 9.36 Å². The molecule has 4 rings (SSSR count). The van der Waals surface area contributed by atoms with E-state index in [1.165, 1.54) is 22.2 Å². The van der Waals surface area contributed by atoms with Crippen LogP contribution in [0.5, 0.6) is 5.75 Å². The van der Waals surface area contributed by atoms with E-state index in [1.54, 1.807) is 6.92 Å². The molecule has 0 bridgehead atoms. The Balaban J connectivity index is 1.44. The number of fused-ring (bicyclic) bond motifs is 1. The number of nitrogens with zero attached hydrogens (tertiary/aromatic N) is 2. The van der Waals surface area contributed by atoms with Crippen LogP contribution in [0.2, 0.25) is 0 Å². The van der Waals surface area contributed by atoms with Crippen molar-refractivity contribution in [3.05, 3.63) is 92.8 Å². The molecule has 0 N–H and O–H groups in total. The van der Waals surface area contributed by atoms with Gasteiger partial charge in [0.05, 0.1) is 24.9 Å².